The molecular weight excluding hydrogens is 368 g/mol. The third-order valence-corrected chi connectivity index (χ3v) is 3.84. The summed E-state index contributed by atoms with van der Waals surface area (Å²) in [5.74, 6) is 0.845. The number of benzene rings is 1. The molecule has 0 amide bonds. The molecule has 0 saturated carbocycles. The topological polar surface area (TPSA) is 61.8 Å². The van der Waals surface area contributed by atoms with E-state index in [2.05, 4.69) is 27.0 Å². The Morgan fingerprint density at radius 1 is 0.828 bits per heavy atom. The van der Waals surface area contributed by atoms with Crippen LogP contribution in [-0.4, -0.2) is 31.8 Å². The quantitative estimate of drug-likeness (QED) is 0.232. The highest BCUT2D eigenvalue weighted by molar-refractivity contribution is 5.81. The molecule has 29 heavy (non-hydrogen) atoms. The monoisotopic (exact) mass is 404 g/mol. The van der Waals surface area contributed by atoms with Gasteiger partial charge < -0.3 is 14.2 Å². The van der Waals surface area contributed by atoms with Crippen molar-refractivity contribution in [2.24, 2.45) is 5.92 Å². The second-order valence-electron chi connectivity index (χ2n) is 6.86. The molecule has 1 rings (SSSR count). The Bertz CT molecular complexity index is 566. The largest absolute Gasteiger partial charge is 0.490 e. The summed E-state index contributed by atoms with van der Waals surface area (Å²) in [6, 6.07) is 9.35. The van der Waals surface area contributed by atoms with Gasteiger partial charge in [-0.05, 0) is 24.5 Å². The molecule has 0 atom stereocenters. The predicted molar refractivity (Wildman–Crippen MR) is 117 cm³/mol. The number of para-hydroxylation sites is 1. The van der Waals surface area contributed by atoms with Gasteiger partial charge in [0.2, 0.25) is 0 Å². The van der Waals surface area contributed by atoms with E-state index >= 15 is 0 Å². The summed E-state index contributed by atoms with van der Waals surface area (Å²) < 4.78 is 14.9. The molecule has 0 bridgehead atoms. The van der Waals surface area contributed by atoms with E-state index in [1.807, 2.05) is 30.3 Å². The molecule has 0 N–H and O–H groups in total. The lowest BCUT2D eigenvalue weighted by atomic mass is 10.0. The summed E-state index contributed by atoms with van der Waals surface area (Å²) in [7, 11) is 0. The van der Waals surface area contributed by atoms with E-state index < -0.39 is 5.97 Å². The number of ether oxygens (including phenoxy) is 3. The Labute approximate surface area is 175 Å². The Balaban J connectivity index is 0.000000541. The van der Waals surface area contributed by atoms with E-state index in [9.17, 15) is 9.59 Å². The van der Waals surface area contributed by atoms with Crippen molar-refractivity contribution in [2.75, 3.05) is 19.8 Å². The van der Waals surface area contributed by atoms with Gasteiger partial charge in [-0.15, -0.1) is 0 Å². The lowest BCUT2D eigenvalue weighted by Crippen LogP contribution is -2.09. The van der Waals surface area contributed by atoms with Crippen molar-refractivity contribution in [1.29, 1.82) is 0 Å². The van der Waals surface area contributed by atoms with Crippen LogP contribution in [0.4, 0.5) is 0 Å². The van der Waals surface area contributed by atoms with E-state index in [1.165, 1.54) is 31.8 Å². The van der Waals surface area contributed by atoms with Crippen LogP contribution in [0.1, 0.15) is 52.4 Å². The Morgan fingerprint density at radius 2 is 1.38 bits per heavy atom. The van der Waals surface area contributed by atoms with Crippen LogP contribution in [0.25, 0.3) is 0 Å². The number of esters is 2. The van der Waals surface area contributed by atoms with Crippen LogP contribution in [0.5, 0.6) is 5.75 Å². The van der Waals surface area contributed by atoms with Crippen LogP contribution in [0.15, 0.2) is 55.6 Å². The van der Waals surface area contributed by atoms with Crippen molar-refractivity contribution in [3.63, 3.8) is 0 Å². The van der Waals surface area contributed by atoms with Crippen molar-refractivity contribution in [3.05, 3.63) is 55.6 Å². The average molecular weight is 405 g/mol. The van der Waals surface area contributed by atoms with E-state index in [1.54, 1.807) is 0 Å². The SMILES string of the molecule is C=CC(=O)OCCCCCCCC(C)C.C=CC(=O)OCCOc1ccccc1. The van der Waals surface area contributed by atoms with Gasteiger partial charge in [-0.1, -0.05) is 77.3 Å². The number of unbranched alkanes of at least 4 members (excludes halogenated alkanes) is 4. The van der Waals surface area contributed by atoms with Gasteiger partial charge in [0.25, 0.3) is 0 Å². The highest BCUT2D eigenvalue weighted by Crippen LogP contribution is 2.10. The molecule has 5 heteroatoms. The van der Waals surface area contributed by atoms with Gasteiger partial charge in [-0.2, -0.15) is 0 Å². The Kier molecular flexibility index (Phi) is 17.1. The fraction of sp³-hybridized carbons (Fsp3) is 0.500. The summed E-state index contributed by atoms with van der Waals surface area (Å²) >= 11 is 0. The first-order valence-corrected chi connectivity index (χ1v) is 10.3. The lowest BCUT2D eigenvalue weighted by Gasteiger charge is -2.05. The van der Waals surface area contributed by atoms with Crippen LogP contribution < -0.4 is 4.74 Å². The lowest BCUT2D eigenvalue weighted by molar-refractivity contribution is -0.139. The molecule has 0 radical (unpaired) electrons. The van der Waals surface area contributed by atoms with E-state index in [4.69, 9.17) is 14.2 Å². The van der Waals surface area contributed by atoms with Crippen molar-refractivity contribution >= 4 is 11.9 Å². The Hall–Kier alpha value is -2.56. The fourth-order valence-electron chi connectivity index (χ4n) is 2.29. The molecular formula is C24H36O5. The first-order chi connectivity index (χ1) is 14.0. The summed E-state index contributed by atoms with van der Waals surface area (Å²) in [6.07, 6.45) is 9.66. The average Bonchev–Trinajstić information content (AvgIpc) is 2.73. The van der Waals surface area contributed by atoms with Crippen LogP contribution in [0.3, 0.4) is 0 Å². The molecule has 0 fully saturated rings. The third kappa shape index (κ3) is 18.6. The third-order valence-electron chi connectivity index (χ3n) is 3.84. The van der Waals surface area contributed by atoms with Crippen molar-refractivity contribution in [3.8, 4) is 5.75 Å². The van der Waals surface area contributed by atoms with Crippen molar-refractivity contribution in [1.82, 2.24) is 0 Å². The zero-order chi connectivity index (χ0) is 21.7. The summed E-state index contributed by atoms with van der Waals surface area (Å²) in [6.45, 7) is 12.3. The highest BCUT2D eigenvalue weighted by atomic mass is 16.6. The summed E-state index contributed by atoms with van der Waals surface area (Å²) in [5, 5.41) is 0. The maximum Gasteiger partial charge on any atom is 0.330 e. The molecule has 0 unspecified atom stereocenters. The first kappa shape index (κ1) is 26.4. The number of carbonyl (C=O) groups excluding carboxylic acids is 2. The van der Waals surface area contributed by atoms with Gasteiger partial charge >= 0.3 is 11.9 Å². The smallest absolute Gasteiger partial charge is 0.330 e. The van der Waals surface area contributed by atoms with Gasteiger partial charge in [0, 0.05) is 12.2 Å². The number of carbonyl (C=O) groups is 2. The van der Waals surface area contributed by atoms with E-state index in [-0.39, 0.29) is 12.6 Å². The van der Waals surface area contributed by atoms with Gasteiger partial charge in [-0.3, -0.25) is 0 Å². The van der Waals surface area contributed by atoms with E-state index in [0.29, 0.717) is 13.2 Å². The number of hydrogen-bond donors (Lipinski definition) is 0. The normalized spacial score (nSPS) is 9.76. The number of hydrogen-bond acceptors (Lipinski definition) is 5. The molecule has 1 aromatic rings. The summed E-state index contributed by atoms with van der Waals surface area (Å²) in [4.78, 5) is 21.3. The molecule has 0 aliphatic rings. The van der Waals surface area contributed by atoms with Gasteiger partial charge in [-0.25, -0.2) is 9.59 Å². The molecule has 162 valence electrons. The fourth-order valence-corrected chi connectivity index (χ4v) is 2.29. The standard InChI is InChI=1S/C13H24O2.C11H12O3/c1-4-13(14)15-11-9-7-5-6-8-10-12(2)3;1-2-11(12)14-9-8-13-10-6-4-3-5-7-10/h4,12H,1,5-11H2,2-3H3;2-7H,1,8-9H2. The van der Waals surface area contributed by atoms with Gasteiger partial charge in [0.1, 0.15) is 19.0 Å². The molecule has 0 heterocycles. The Morgan fingerprint density at radius 3 is 1.97 bits per heavy atom. The van der Waals surface area contributed by atoms with Gasteiger partial charge in [0.15, 0.2) is 0 Å². The minimum Gasteiger partial charge on any atom is -0.490 e. The van der Waals surface area contributed by atoms with Crippen LogP contribution in [0, 0.1) is 5.92 Å². The maximum absolute atomic E-state index is 10.7. The van der Waals surface area contributed by atoms with Crippen molar-refractivity contribution < 1.29 is 23.8 Å². The van der Waals surface area contributed by atoms with Gasteiger partial charge in [0.05, 0.1) is 6.61 Å². The molecule has 0 spiro atoms. The molecule has 0 aromatic heterocycles. The highest BCUT2D eigenvalue weighted by Gasteiger charge is 1.97. The molecule has 1 aromatic carbocycles. The number of rotatable bonds is 14. The predicted octanol–water partition coefficient (Wildman–Crippen LogP) is 5.51. The molecule has 0 aliphatic carbocycles. The van der Waals surface area contributed by atoms with Crippen molar-refractivity contribution in [2.45, 2.75) is 52.4 Å². The first-order valence-electron chi connectivity index (χ1n) is 10.3. The van der Waals surface area contributed by atoms with E-state index in [0.717, 1.165) is 30.6 Å². The zero-order valence-corrected chi connectivity index (χ0v) is 17.9. The maximum atomic E-state index is 10.7. The summed E-state index contributed by atoms with van der Waals surface area (Å²) in [5.41, 5.74) is 0. The minimum atomic E-state index is -0.429. The van der Waals surface area contributed by atoms with Crippen LogP contribution in [0.2, 0.25) is 0 Å². The van der Waals surface area contributed by atoms with Crippen LogP contribution in [-0.2, 0) is 19.1 Å². The molecule has 5 nitrogen and oxygen atoms in total. The minimum absolute atomic E-state index is 0.236. The molecule has 0 saturated heterocycles. The molecule has 0 aliphatic heterocycles. The second-order valence-corrected chi connectivity index (χ2v) is 6.86. The van der Waals surface area contributed by atoms with Crippen LogP contribution >= 0.6 is 0 Å². The second kappa shape index (κ2) is 18.8. The zero-order valence-electron chi connectivity index (χ0n) is 17.9.